The Bertz CT molecular complexity index is 757. The van der Waals surface area contributed by atoms with E-state index in [1.807, 2.05) is 24.3 Å². The number of carbonyl (C=O) groups is 2. The highest BCUT2D eigenvalue weighted by atomic mass is 16.5. The molecule has 5 nitrogen and oxygen atoms in total. The van der Waals surface area contributed by atoms with E-state index in [1.165, 1.54) is 22.3 Å². The summed E-state index contributed by atoms with van der Waals surface area (Å²) in [5.41, 5.74) is 4.73. The number of rotatable bonds is 3. The largest absolute Gasteiger partial charge is 0.449 e. The predicted octanol–water partition coefficient (Wildman–Crippen LogP) is 2.07. The Morgan fingerprint density at radius 2 is 1.71 bits per heavy atom. The molecule has 2 aliphatic rings. The minimum absolute atomic E-state index is 0.0106. The van der Waals surface area contributed by atoms with Gasteiger partial charge in [-0.05, 0) is 22.3 Å². The van der Waals surface area contributed by atoms with E-state index in [9.17, 15) is 9.59 Å². The lowest BCUT2D eigenvalue weighted by atomic mass is 9.98. The van der Waals surface area contributed by atoms with Crippen LogP contribution in [0.25, 0.3) is 11.1 Å². The molecule has 5 heteroatoms. The summed E-state index contributed by atoms with van der Waals surface area (Å²) < 4.78 is 5.42. The first kappa shape index (κ1) is 14.9. The van der Waals surface area contributed by atoms with Crippen LogP contribution in [-0.2, 0) is 9.53 Å². The molecule has 122 valence electrons. The summed E-state index contributed by atoms with van der Waals surface area (Å²) in [6.45, 7) is 1.02. The molecule has 4 rings (SSSR count). The Balaban J connectivity index is 1.48. The number of fused-ring (bicyclic) bond motifs is 3. The SMILES string of the molecule is O=C(N[C@H]1CNCC1=O)OCC1c2ccccc2-c2ccccc21. The molecular formula is C19H18N2O3. The van der Waals surface area contributed by atoms with Crippen LogP contribution in [0.2, 0.25) is 0 Å². The topological polar surface area (TPSA) is 67.4 Å². The minimum atomic E-state index is -0.543. The Kier molecular flexibility index (Phi) is 3.78. The second kappa shape index (κ2) is 6.09. The van der Waals surface area contributed by atoms with Gasteiger partial charge in [-0.25, -0.2) is 4.79 Å². The van der Waals surface area contributed by atoms with Gasteiger partial charge < -0.3 is 15.4 Å². The van der Waals surface area contributed by atoms with Gasteiger partial charge in [0.15, 0.2) is 5.78 Å². The number of nitrogens with one attached hydrogen (secondary N) is 2. The van der Waals surface area contributed by atoms with E-state index in [4.69, 9.17) is 4.74 Å². The number of ketones is 1. The predicted molar refractivity (Wildman–Crippen MR) is 89.9 cm³/mol. The Labute approximate surface area is 140 Å². The number of hydrogen-bond donors (Lipinski definition) is 2. The van der Waals surface area contributed by atoms with Crippen LogP contribution in [0.1, 0.15) is 17.0 Å². The van der Waals surface area contributed by atoms with Gasteiger partial charge in [-0.2, -0.15) is 0 Å². The number of benzene rings is 2. The van der Waals surface area contributed by atoms with E-state index in [1.54, 1.807) is 0 Å². The average Bonchev–Trinajstić information content (AvgIpc) is 3.15. The van der Waals surface area contributed by atoms with Crippen LogP contribution in [0.5, 0.6) is 0 Å². The summed E-state index contributed by atoms with van der Waals surface area (Å²) in [4.78, 5) is 23.6. The third kappa shape index (κ3) is 2.57. The summed E-state index contributed by atoms with van der Waals surface area (Å²) in [7, 11) is 0. The molecule has 24 heavy (non-hydrogen) atoms. The molecule has 0 saturated carbocycles. The molecule has 0 bridgehead atoms. The van der Waals surface area contributed by atoms with Crippen LogP contribution < -0.4 is 10.6 Å². The first-order chi connectivity index (χ1) is 11.7. The van der Waals surface area contributed by atoms with Crippen LogP contribution >= 0.6 is 0 Å². The van der Waals surface area contributed by atoms with Crippen molar-refractivity contribution in [3.05, 3.63) is 59.7 Å². The Hall–Kier alpha value is -2.66. The van der Waals surface area contributed by atoms with Gasteiger partial charge >= 0.3 is 6.09 Å². The molecule has 1 atom stereocenters. The third-order valence-corrected chi connectivity index (χ3v) is 4.67. The van der Waals surface area contributed by atoms with Crippen molar-refractivity contribution in [3.63, 3.8) is 0 Å². The molecule has 2 aromatic carbocycles. The van der Waals surface area contributed by atoms with Crippen molar-refractivity contribution >= 4 is 11.9 Å². The highest BCUT2D eigenvalue weighted by molar-refractivity contribution is 5.91. The quantitative estimate of drug-likeness (QED) is 0.908. The molecule has 0 aromatic heterocycles. The molecule has 1 aliphatic carbocycles. The van der Waals surface area contributed by atoms with E-state index in [2.05, 4.69) is 34.9 Å². The Morgan fingerprint density at radius 3 is 2.29 bits per heavy atom. The number of alkyl carbamates (subject to hydrolysis) is 1. The van der Waals surface area contributed by atoms with Gasteiger partial charge in [-0.3, -0.25) is 4.79 Å². The molecule has 2 N–H and O–H groups in total. The highest BCUT2D eigenvalue weighted by Gasteiger charge is 2.30. The summed E-state index contributed by atoms with van der Waals surface area (Å²) in [5.74, 6) is 0.0177. The van der Waals surface area contributed by atoms with E-state index in [0.29, 0.717) is 13.1 Å². The van der Waals surface area contributed by atoms with Crippen molar-refractivity contribution in [2.75, 3.05) is 19.7 Å². The summed E-state index contributed by atoms with van der Waals surface area (Å²) in [5, 5.41) is 5.56. The maximum absolute atomic E-state index is 12.0. The standard InChI is InChI=1S/C19H18N2O3/c22-18-10-20-9-17(18)21-19(23)24-11-16-14-7-3-1-5-12(14)13-6-2-4-8-15(13)16/h1-8,16-17,20H,9-11H2,(H,21,23)/t17-/m0/s1. The number of Topliss-reactive ketones (excluding diaryl/α,β-unsaturated/α-hetero) is 1. The summed E-state index contributed by atoms with van der Waals surface area (Å²) in [6.07, 6.45) is -0.543. The molecule has 2 aromatic rings. The summed E-state index contributed by atoms with van der Waals surface area (Å²) >= 11 is 0. The van der Waals surface area contributed by atoms with E-state index in [-0.39, 0.29) is 18.3 Å². The molecule has 1 aliphatic heterocycles. The normalized spacial score (nSPS) is 19.0. The van der Waals surface area contributed by atoms with Crippen molar-refractivity contribution in [3.8, 4) is 11.1 Å². The lowest BCUT2D eigenvalue weighted by molar-refractivity contribution is -0.117. The second-order valence-corrected chi connectivity index (χ2v) is 6.12. The third-order valence-electron chi connectivity index (χ3n) is 4.67. The zero-order valence-electron chi connectivity index (χ0n) is 13.1. The first-order valence-corrected chi connectivity index (χ1v) is 8.09. The van der Waals surface area contributed by atoms with Crippen molar-refractivity contribution in [1.29, 1.82) is 0 Å². The molecule has 0 spiro atoms. The molecule has 1 fully saturated rings. The zero-order valence-corrected chi connectivity index (χ0v) is 13.1. The van der Waals surface area contributed by atoms with Gasteiger partial charge in [0.05, 0.1) is 6.54 Å². The van der Waals surface area contributed by atoms with Crippen molar-refractivity contribution in [2.45, 2.75) is 12.0 Å². The van der Waals surface area contributed by atoms with Gasteiger partial charge in [-0.1, -0.05) is 48.5 Å². The fourth-order valence-corrected chi connectivity index (χ4v) is 3.49. The molecule has 1 amide bonds. The molecule has 0 unspecified atom stereocenters. The molecular weight excluding hydrogens is 304 g/mol. The number of ether oxygens (including phenoxy) is 1. The number of amides is 1. The number of carbonyl (C=O) groups excluding carboxylic acids is 2. The monoisotopic (exact) mass is 322 g/mol. The average molecular weight is 322 g/mol. The van der Waals surface area contributed by atoms with E-state index < -0.39 is 12.1 Å². The maximum atomic E-state index is 12.0. The van der Waals surface area contributed by atoms with Gasteiger partial charge in [0.1, 0.15) is 12.6 Å². The van der Waals surface area contributed by atoms with Gasteiger partial charge in [-0.15, -0.1) is 0 Å². The smallest absolute Gasteiger partial charge is 0.407 e. The van der Waals surface area contributed by atoms with Gasteiger partial charge in [0, 0.05) is 12.5 Å². The summed E-state index contributed by atoms with van der Waals surface area (Å²) in [6, 6.07) is 15.9. The maximum Gasteiger partial charge on any atom is 0.407 e. The van der Waals surface area contributed by atoms with Crippen LogP contribution in [0, 0.1) is 0 Å². The second-order valence-electron chi connectivity index (χ2n) is 6.12. The molecule has 1 heterocycles. The van der Waals surface area contributed by atoms with E-state index in [0.717, 1.165) is 0 Å². The lowest BCUT2D eigenvalue weighted by Gasteiger charge is -2.16. The van der Waals surface area contributed by atoms with Crippen molar-refractivity contribution < 1.29 is 14.3 Å². The molecule has 0 radical (unpaired) electrons. The minimum Gasteiger partial charge on any atom is -0.449 e. The first-order valence-electron chi connectivity index (χ1n) is 8.09. The fraction of sp³-hybridized carbons (Fsp3) is 0.263. The van der Waals surface area contributed by atoms with Crippen LogP contribution in [0.4, 0.5) is 4.79 Å². The highest BCUT2D eigenvalue weighted by Crippen LogP contribution is 2.44. The zero-order chi connectivity index (χ0) is 16.5. The van der Waals surface area contributed by atoms with Crippen molar-refractivity contribution in [1.82, 2.24) is 10.6 Å². The van der Waals surface area contributed by atoms with E-state index >= 15 is 0 Å². The number of hydrogen-bond acceptors (Lipinski definition) is 4. The molecule has 1 saturated heterocycles. The van der Waals surface area contributed by atoms with Gasteiger partial charge in [0.2, 0.25) is 0 Å². The van der Waals surface area contributed by atoms with Gasteiger partial charge in [0.25, 0.3) is 0 Å². The van der Waals surface area contributed by atoms with Crippen LogP contribution in [-0.4, -0.2) is 37.6 Å². The van der Waals surface area contributed by atoms with Crippen molar-refractivity contribution in [2.24, 2.45) is 0 Å². The van der Waals surface area contributed by atoms with Crippen LogP contribution in [0.3, 0.4) is 0 Å². The van der Waals surface area contributed by atoms with Crippen LogP contribution in [0.15, 0.2) is 48.5 Å². The lowest BCUT2D eigenvalue weighted by Crippen LogP contribution is -2.41. The fourth-order valence-electron chi connectivity index (χ4n) is 3.49. The Morgan fingerprint density at radius 1 is 1.08 bits per heavy atom.